The van der Waals surface area contributed by atoms with Crippen LogP contribution in [0.25, 0.3) is 0 Å². The highest BCUT2D eigenvalue weighted by molar-refractivity contribution is 5.76. The number of aliphatic hydroxyl groups is 1. The summed E-state index contributed by atoms with van der Waals surface area (Å²) in [5.41, 5.74) is 5.08. The molecule has 0 radical (unpaired) electrons. The number of nitrogens with one attached hydrogen (secondary N) is 1. The van der Waals surface area contributed by atoms with Gasteiger partial charge in [-0.05, 0) is 6.42 Å². The van der Waals surface area contributed by atoms with Crippen LogP contribution in [0.4, 0.5) is 5.95 Å². The topological polar surface area (TPSA) is 106 Å². The SMILES string of the molecule is CC1(C)C(O)CC1NC(=O)Cn1cnc(N)n1. The molecule has 0 aliphatic heterocycles. The van der Waals surface area contributed by atoms with E-state index in [4.69, 9.17) is 5.73 Å². The number of nitrogens with two attached hydrogens (primary N) is 1. The van der Waals surface area contributed by atoms with Gasteiger partial charge in [0.1, 0.15) is 12.9 Å². The molecule has 0 saturated heterocycles. The lowest BCUT2D eigenvalue weighted by Crippen LogP contribution is -2.61. The van der Waals surface area contributed by atoms with Crippen molar-refractivity contribution in [3.8, 4) is 0 Å². The third-order valence-electron chi connectivity index (χ3n) is 3.41. The van der Waals surface area contributed by atoms with E-state index in [0.29, 0.717) is 6.42 Å². The van der Waals surface area contributed by atoms with Crippen LogP contribution >= 0.6 is 0 Å². The molecule has 1 fully saturated rings. The maximum atomic E-state index is 11.7. The van der Waals surface area contributed by atoms with Crippen LogP contribution in [0.15, 0.2) is 6.33 Å². The van der Waals surface area contributed by atoms with Gasteiger partial charge in [-0.1, -0.05) is 13.8 Å². The van der Waals surface area contributed by atoms with Gasteiger partial charge < -0.3 is 16.2 Å². The fraction of sp³-hybridized carbons (Fsp3) is 0.700. The zero-order valence-electron chi connectivity index (χ0n) is 9.92. The molecule has 4 N–H and O–H groups in total. The van der Waals surface area contributed by atoms with E-state index in [2.05, 4.69) is 15.4 Å². The summed E-state index contributed by atoms with van der Waals surface area (Å²) in [5, 5.41) is 16.2. The number of hydrogen-bond donors (Lipinski definition) is 3. The lowest BCUT2D eigenvalue weighted by Gasteiger charge is -2.49. The molecule has 7 nitrogen and oxygen atoms in total. The average molecular weight is 239 g/mol. The maximum Gasteiger partial charge on any atom is 0.242 e. The van der Waals surface area contributed by atoms with E-state index in [9.17, 15) is 9.90 Å². The fourth-order valence-electron chi connectivity index (χ4n) is 1.92. The number of anilines is 1. The predicted octanol–water partition coefficient (Wildman–Crippen LogP) is -0.864. The van der Waals surface area contributed by atoms with Crippen molar-refractivity contribution in [2.75, 3.05) is 5.73 Å². The zero-order chi connectivity index (χ0) is 12.6. The van der Waals surface area contributed by atoms with Crippen molar-refractivity contribution in [3.63, 3.8) is 0 Å². The van der Waals surface area contributed by atoms with Crippen molar-refractivity contribution in [2.45, 2.75) is 39.0 Å². The summed E-state index contributed by atoms with van der Waals surface area (Å²) in [4.78, 5) is 15.4. The summed E-state index contributed by atoms with van der Waals surface area (Å²) in [7, 11) is 0. The largest absolute Gasteiger partial charge is 0.392 e. The molecule has 94 valence electrons. The molecule has 0 aromatic carbocycles. The van der Waals surface area contributed by atoms with Crippen LogP contribution in [0.3, 0.4) is 0 Å². The molecule has 1 heterocycles. The minimum Gasteiger partial charge on any atom is -0.392 e. The number of hydrogen-bond acceptors (Lipinski definition) is 5. The van der Waals surface area contributed by atoms with E-state index in [-0.39, 0.29) is 36.0 Å². The van der Waals surface area contributed by atoms with Gasteiger partial charge in [-0.15, -0.1) is 5.10 Å². The van der Waals surface area contributed by atoms with Gasteiger partial charge in [0.15, 0.2) is 0 Å². The molecule has 2 rings (SSSR count). The van der Waals surface area contributed by atoms with Crippen LogP contribution in [0.1, 0.15) is 20.3 Å². The Morgan fingerprint density at radius 1 is 1.76 bits per heavy atom. The summed E-state index contributed by atoms with van der Waals surface area (Å²) in [6, 6.07) is 0.00543. The van der Waals surface area contributed by atoms with Crippen LogP contribution in [0.5, 0.6) is 0 Å². The monoisotopic (exact) mass is 239 g/mol. The van der Waals surface area contributed by atoms with Crippen LogP contribution in [-0.4, -0.2) is 37.9 Å². The van der Waals surface area contributed by atoms with Crippen molar-refractivity contribution in [1.82, 2.24) is 20.1 Å². The quantitative estimate of drug-likeness (QED) is 0.636. The second kappa shape index (κ2) is 3.99. The van der Waals surface area contributed by atoms with Crippen LogP contribution in [0, 0.1) is 5.41 Å². The Morgan fingerprint density at radius 3 is 2.94 bits per heavy atom. The third kappa shape index (κ3) is 2.23. The minimum absolute atomic E-state index is 0.00543. The molecular formula is C10H17N5O2. The molecule has 17 heavy (non-hydrogen) atoms. The van der Waals surface area contributed by atoms with Crippen molar-refractivity contribution >= 4 is 11.9 Å². The first-order chi connectivity index (χ1) is 7.89. The Bertz CT molecular complexity index is 428. The first kappa shape index (κ1) is 11.8. The van der Waals surface area contributed by atoms with E-state index < -0.39 is 0 Å². The summed E-state index contributed by atoms with van der Waals surface area (Å²) in [6.45, 7) is 3.95. The van der Waals surface area contributed by atoms with E-state index in [1.807, 2.05) is 13.8 Å². The molecule has 1 aliphatic carbocycles. The second-order valence-electron chi connectivity index (χ2n) is 4.99. The van der Waals surface area contributed by atoms with Crippen molar-refractivity contribution in [3.05, 3.63) is 6.33 Å². The molecule has 2 atom stereocenters. The lowest BCUT2D eigenvalue weighted by molar-refractivity contribution is -0.130. The zero-order valence-corrected chi connectivity index (χ0v) is 9.92. The predicted molar refractivity (Wildman–Crippen MR) is 60.8 cm³/mol. The average Bonchev–Trinajstić information content (AvgIpc) is 2.63. The molecule has 1 amide bonds. The molecule has 0 spiro atoms. The van der Waals surface area contributed by atoms with Gasteiger partial charge in [0, 0.05) is 11.5 Å². The van der Waals surface area contributed by atoms with Crippen molar-refractivity contribution in [1.29, 1.82) is 0 Å². The number of aromatic nitrogens is 3. The number of carbonyl (C=O) groups excluding carboxylic acids is 1. The van der Waals surface area contributed by atoms with Crippen molar-refractivity contribution < 1.29 is 9.90 Å². The first-order valence-corrected chi connectivity index (χ1v) is 5.52. The highest BCUT2D eigenvalue weighted by Crippen LogP contribution is 2.40. The van der Waals surface area contributed by atoms with Gasteiger partial charge in [0.2, 0.25) is 11.9 Å². The molecule has 1 aromatic heterocycles. The Morgan fingerprint density at radius 2 is 2.47 bits per heavy atom. The number of rotatable bonds is 3. The van der Waals surface area contributed by atoms with Crippen LogP contribution < -0.4 is 11.1 Å². The minimum atomic E-state index is -0.352. The molecule has 1 saturated carbocycles. The normalized spacial score (nSPS) is 26.3. The Hall–Kier alpha value is -1.63. The first-order valence-electron chi connectivity index (χ1n) is 5.52. The third-order valence-corrected chi connectivity index (χ3v) is 3.41. The maximum absolute atomic E-state index is 11.7. The van der Waals surface area contributed by atoms with Gasteiger partial charge in [-0.25, -0.2) is 9.67 Å². The standard InChI is InChI=1S/C10H17N5O2/c1-10(2)6(3-7(10)16)13-8(17)4-15-5-12-9(11)14-15/h5-7,16H,3-4H2,1-2H3,(H2,11,14)(H,13,17). The highest BCUT2D eigenvalue weighted by atomic mass is 16.3. The number of nitrogens with zero attached hydrogens (tertiary/aromatic N) is 3. The molecular weight excluding hydrogens is 222 g/mol. The smallest absolute Gasteiger partial charge is 0.242 e. The summed E-state index contributed by atoms with van der Waals surface area (Å²) in [6.07, 6.45) is 1.66. The Labute approximate surface area is 99.0 Å². The number of amides is 1. The van der Waals surface area contributed by atoms with Crippen molar-refractivity contribution in [2.24, 2.45) is 5.41 Å². The highest BCUT2D eigenvalue weighted by Gasteiger charge is 2.47. The molecule has 1 aliphatic rings. The summed E-state index contributed by atoms with van der Waals surface area (Å²) >= 11 is 0. The van der Waals surface area contributed by atoms with Gasteiger partial charge >= 0.3 is 0 Å². The Balaban J connectivity index is 1.87. The number of aliphatic hydroxyl groups excluding tert-OH is 1. The van der Waals surface area contributed by atoms with Gasteiger partial charge in [0.05, 0.1) is 6.10 Å². The Kier molecular flexibility index (Phi) is 2.78. The summed E-state index contributed by atoms with van der Waals surface area (Å²) < 4.78 is 1.38. The fourth-order valence-corrected chi connectivity index (χ4v) is 1.92. The van der Waals surface area contributed by atoms with Gasteiger partial charge in [0.25, 0.3) is 0 Å². The van der Waals surface area contributed by atoms with E-state index in [0.717, 1.165) is 0 Å². The van der Waals surface area contributed by atoms with E-state index in [1.54, 1.807) is 0 Å². The van der Waals surface area contributed by atoms with Crippen LogP contribution in [-0.2, 0) is 11.3 Å². The van der Waals surface area contributed by atoms with E-state index in [1.165, 1.54) is 11.0 Å². The summed E-state index contributed by atoms with van der Waals surface area (Å²) in [5.74, 6) is -0.00271. The number of carbonyl (C=O) groups is 1. The second-order valence-corrected chi connectivity index (χ2v) is 4.99. The van der Waals surface area contributed by atoms with Gasteiger partial charge in [-0.3, -0.25) is 4.79 Å². The molecule has 1 aromatic rings. The van der Waals surface area contributed by atoms with Gasteiger partial charge in [-0.2, -0.15) is 0 Å². The molecule has 2 unspecified atom stereocenters. The van der Waals surface area contributed by atoms with E-state index >= 15 is 0 Å². The lowest BCUT2D eigenvalue weighted by atomic mass is 9.64. The van der Waals surface area contributed by atoms with Crippen LogP contribution in [0.2, 0.25) is 0 Å². The number of nitrogen functional groups attached to an aromatic ring is 1. The molecule has 7 heteroatoms. The molecule has 0 bridgehead atoms.